The van der Waals surface area contributed by atoms with Crippen LogP contribution in [-0.4, -0.2) is 63.7 Å². The Morgan fingerprint density at radius 3 is 1.67 bits per heavy atom. The Morgan fingerprint density at radius 1 is 0.698 bits per heavy atom. The van der Waals surface area contributed by atoms with Crippen molar-refractivity contribution >= 4 is 10.1 Å². The molecular formula is C33H42O9S. The van der Waals surface area contributed by atoms with Crippen molar-refractivity contribution in [1.29, 1.82) is 0 Å². The zero-order valence-corrected chi connectivity index (χ0v) is 25.8. The Morgan fingerprint density at radius 2 is 1.19 bits per heavy atom. The molecule has 3 aliphatic carbocycles. The number of hydrogen-bond acceptors (Lipinski definition) is 9. The third-order valence-electron chi connectivity index (χ3n) is 9.73. The summed E-state index contributed by atoms with van der Waals surface area (Å²) in [6.45, 7) is 2.24. The van der Waals surface area contributed by atoms with E-state index in [1.165, 1.54) is 0 Å². The first-order valence-electron chi connectivity index (χ1n) is 15.7. The molecule has 2 aliphatic heterocycles. The highest BCUT2D eigenvalue weighted by atomic mass is 32.2. The van der Waals surface area contributed by atoms with Crippen molar-refractivity contribution in [2.75, 3.05) is 7.11 Å². The van der Waals surface area contributed by atoms with E-state index in [0.29, 0.717) is 6.61 Å². The highest BCUT2D eigenvalue weighted by Gasteiger charge is 2.67. The standard InChI is InChI=1S/C33H42O9S/c1-22-9-15-25(16-10-22)43(34,35)42-31-29-27(38-32(40-29)17-5-3-6-18-32)26(37-21-23-11-13-24(36-2)14-12-23)28-30(31)41-33(39-28)19-7-4-8-20-33/h9-16,26-31H,3-8,17-21H2,1-2H3/t26?,27-,28+,29-,30-,31?/m1/s1. The Balaban J connectivity index is 1.23. The summed E-state index contributed by atoms with van der Waals surface area (Å²) in [5, 5.41) is 0. The summed E-state index contributed by atoms with van der Waals surface area (Å²) in [6.07, 6.45) is 5.03. The maximum absolute atomic E-state index is 13.7. The summed E-state index contributed by atoms with van der Waals surface area (Å²) in [6, 6.07) is 14.4. The summed E-state index contributed by atoms with van der Waals surface area (Å²) < 4.78 is 72.7. The lowest BCUT2D eigenvalue weighted by atomic mass is 9.85. The molecule has 2 saturated heterocycles. The van der Waals surface area contributed by atoms with Gasteiger partial charge in [0.2, 0.25) is 0 Å². The fourth-order valence-electron chi connectivity index (χ4n) is 7.48. The van der Waals surface area contributed by atoms with Crippen LogP contribution in [0, 0.1) is 6.92 Å². The van der Waals surface area contributed by atoms with E-state index in [1.54, 1.807) is 31.4 Å². The van der Waals surface area contributed by atoms with Gasteiger partial charge in [-0.05, 0) is 62.4 Å². The van der Waals surface area contributed by atoms with Gasteiger partial charge in [0.05, 0.1) is 18.6 Å². The van der Waals surface area contributed by atoms with Gasteiger partial charge in [-0.25, -0.2) is 0 Å². The molecule has 2 aromatic rings. The van der Waals surface area contributed by atoms with Gasteiger partial charge in [0.1, 0.15) is 42.4 Å². The quantitative estimate of drug-likeness (QED) is 0.371. The van der Waals surface area contributed by atoms with Gasteiger partial charge in [0, 0.05) is 25.7 Å². The Hall–Kier alpha value is -2.05. The van der Waals surface area contributed by atoms with E-state index in [9.17, 15) is 8.42 Å². The predicted molar refractivity (Wildman–Crippen MR) is 156 cm³/mol. The maximum Gasteiger partial charge on any atom is 0.297 e. The summed E-state index contributed by atoms with van der Waals surface area (Å²) >= 11 is 0. The van der Waals surface area contributed by atoms with E-state index >= 15 is 0 Å². The minimum atomic E-state index is -4.14. The molecule has 7 rings (SSSR count). The number of rotatable bonds is 7. The fourth-order valence-corrected chi connectivity index (χ4v) is 8.57. The summed E-state index contributed by atoms with van der Waals surface area (Å²) in [7, 11) is -2.50. The van der Waals surface area contributed by atoms with Gasteiger partial charge >= 0.3 is 0 Å². The number of methoxy groups -OCH3 is 1. The molecule has 2 spiro atoms. The SMILES string of the molecule is COc1ccc(COC2[C@H]3OC4(CCCCC4)O[C@H]3C(OS(=O)(=O)c3ccc(C)cc3)[C@@H]3OC4(CCCCC4)O[C@@H]23)cc1. The average Bonchev–Trinajstić information content (AvgIpc) is 3.56. The van der Waals surface area contributed by atoms with Gasteiger partial charge in [-0.3, -0.25) is 4.18 Å². The van der Waals surface area contributed by atoms with Crippen molar-refractivity contribution in [3.63, 3.8) is 0 Å². The monoisotopic (exact) mass is 614 g/mol. The molecule has 6 atom stereocenters. The Bertz CT molecular complexity index is 1320. The largest absolute Gasteiger partial charge is 0.497 e. The molecule has 9 nitrogen and oxygen atoms in total. The number of fused-ring (bicyclic) bond motifs is 2. The second-order valence-electron chi connectivity index (χ2n) is 12.7. The second kappa shape index (κ2) is 11.7. The van der Waals surface area contributed by atoms with Crippen LogP contribution in [0.4, 0.5) is 0 Å². The lowest BCUT2D eigenvalue weighted by molar-refractivity contribution is -0.226. The van der Waals surface area contributed by atoms with Crippen LogP contribution in [0.3, 0.4) is 0 Å². The first-order valence-corrected chi connectivity index (χ1v) is 17.2. The molecule has 0 N–H and O–H groups in total. The Kier molecular flexibility index (Phi) is 8.07. The zero-order chi connectivity index (χ0) is 29.7. The summed E-state index contributed by atoms with van der Waals surface area (Å²) in [4.78, 5) is 0.0988. The number of aryl methyl sites for hydroxylation is 1. The molecule has 2 aromatic carbocycles. The third-order valence-corrected chi connectivity index (χ3v) is 11.1. The van der Waals surface area contributed by atoms with Gasteiger partial charge in [-0.2, -0.15) is 8.42 Å². The van der Waals surface area contributed by atoms with Crippen LogP contribution < -0.4 is 4.74 Å². The van der Waals surface area contributed by atoms with Gasteiger partial charge in [0.15, 0.2) is 11.6 Å². The van der Waals surface area contributed by atoms with E-state index in [1.807, 2.05) is 31.2 Å². The van der Waals surface area contributed by atoms with E-state index in [2.05, 4.69) is 0 Å². The number of benzene rings is 2. The molecule has 43 heavy (non-hydrogen) atoms. The van der Waals surface area contributed by atoms with Gasteiger partial charge in [-0.1, -0.05) is 42.7 Å². The first kappa shape index (κ1) is 29.6. The molecule has 234 valence electrons. The molecule has 0 aromatic heterocycles. The second-order valence-corrected chi connectivity index (χ2v) is 14.3. The van der Waals surface area contributed by atoms with Crippen molar-refractivity contribution in [1.82, 2.24) is 0 Å². The predicted octanol–water partition coefficient (Wildman–Crippen LogP) is 5.57. The van der Waals surface area contributed by atoms with E-state index in [4.69, 9.17) is 32.6 Å². The lowest BCUT2D eigenvalue weighted by Crippen LogP contribution is -2.63. The molecule has 2 unspecified atom stereocenters. The van der Waals surface area contributed by atoms with E-state index in [0.717, 1.165) is 81.1 Å². The van der Waals surface area contributed by atoms with E-state index < -0.39 is 58.3 Å². The van der Waals surface area contributed by atoms with Crippen molar-refractivity contribution in [2.45, 2.75) is 131 Å². The van der Waals surface area contributed by atoms with Crippen LogP contribution in [0.15, 0.2) is 53.4 Å². The van der Waals surface area contributed by atoms with Crippen LogP contribution in [0.25, 0.3) is 0 Å². The number of hydrogen-bond donors (Lipinski definition) is 0. The molecule has 5 aliphatic rings. The highest BCUT2D eigenvalue weighted by Crippen LogP contribution is 2.52. The highest BCUT2D eigenvalue weighted by molar-refractivity contribution is 7.86. The van der Waals surface area contributed by atoms with Crippen molar-refractivity contribution in [3.8, 4) is 5.75 Å². The summed E-state index contributed by atoms with van der Waals surface area (Å²) in [5.41, 5.74) is 1.94. The normalized spacial score (nSPS) is 32.9. The smallest absolute Gasteiger partial charge is 0.297 e. The van der Waals surface area contributed by atoms with Gasteiger partial charge in [0.25, 0.3) is 10.1 Å². The minimum Gasteiger partial charge on any atom is -0.497 e. The zero-order valence-electron chi connectivity index (χ0n) is 24.9. The average molecular weight is 615 g/mol. The van der Waals surface area contributed by atoms with Crippen LogP contribution >= 0.6 is 0 Å². The topological polar surface area (TPSA) is 98.8 Å². The molecule has 5 fully saturated rings. The Labute approximate surface area is 254 Å². The van der Waals surface area contributed by atoms with Gasteiger partial charge < -0.3 is 28.4 Å². The minimum absolute atomic E-state index is 0.0988. The lowest BCUT2D eigenvalue weighted by Gasteiger charge is -2.42. The van der Waals surface area contributed by atoms with Crippen LogP contribution in [0.2, 0.25) is 0 Å². The van der Waals surface area contributed by atoms with E-state index in [-0.39, 0.29) is 4.90 Å². The van der Waals surface area contributed by atoms with Crippen LogP contribution in [0.5, 0.6) is 5.75 Å². The summed E-state index contributed by atoms with van der Waals surface area (Å²) in [5.74, 6) is -0.827. The van der Waals surface area contributed by atoms with Crippen molar-refractivity contribution in [3.05, 3.63) is 59.7 Å². The molecular weight excluding hydrogens is 572 g/mol. The first-order chi connectivity index (χ1) is 20.8. The van der Waals surface area contributed by atoms with Crippen molar-refractivity contribution < 1.29 is 41.0 Å². The van der Waals surface area contributed by atoms with Gasteiger partial charge in [-0.15, -0.1) is 0 Å². The molecule has 2 heterocycles. The molecule has 0 radical (unpaired) electrons. The molecule has 3 saturated carbocycles. The number of ether oxygens (including phenoxy) is 6. The van der Waals surface area contributed by atoms with Crippen molar-refractivity contribution in [2.24, 2.45) is 0 Å². The fraction of sp³-hybridized carbons (Fsp3) is 0.636. The molecule has 0 bridgehead atoms. The van der Waals surface area contributed by atoms with Crippen LogP contribution in [-0.2, 0) is 44.6 Å². The maximum atomic E-state index is 13.7. The molecule has 0 amide bonds. The molecule has 10 heteroatoms. The van der Waals surface area contributed by atoms with Crippen LogP contribution in [0.1, 0.15) is 75.3 Å². The third kappa shape index (κ3) is 5.76.